The van der Waals surface area contributed by atoms with Gasteiger partial charge in [0.15, 0.2) is 5.78 Å². The van der Waals surface area contributed by atoms with Crippen molar-refractivity contribution in [1.82, 2.24) is 4.90 Å². The number of allylic oxidation sites excluding steroid dienone is 5. The summed E-state index contributed by atoms with van der Waals surface area (Å²) in [4.78, 5) is 26.9. The highest BCUT2D eigenvalue weighted by molar-refractivity contribution is 6.26. The molecule has 28 heavy (non-hydrogen) atoms. The van der Waals surface area contributed by atoms with E-state index in [0.29, 0.717) is 11.8 Å². The van der Waals surface area contributed by atoms with Gasteiger partial charge >= 0.3 is 0 Å². The maximum Gasteiger partial charge on any atom is 0.261 e. The molecule has 0 unspecified atom stereocenters. The van der Waals surface area contributed by atoms with Crippen LogP contribution < -0.4 is 0 Å². The molecule has 1 amide bonds. The van der Waals surface area contributed by atoms with Crippen LogP contribution in [0.3, 0.4) is 0 Å². The first-order chi connectivity index (χ1) is 13.2. The van der Waals surface area contributed by atoms with Gasteiger partial charge in [0.1, 0.15) is 17.4 Å². The molecule has 3 aliphatic rings. The van der Waals surface area contributed by atoms with Gasteiger partial charge in [-0.3, -0.25) is 9.59 Å². The van der Waals surface area contributed by atoms with Gasteiger partial charge in [-0.2, -0.15) is 0 Å². The average molecular weight is 388 g/mol. The predicted molar refractivity (Wildman–Crippen MR) is 108 cm³/mol. The number of Topliss-reactive ketones (excluding diaryl/α,β-unsaturated/α-hetero) is 1. The van der Waals surface area contributed by atoms with Crippen molar-refractivity contribution >= 4 is 11.7 Å². The van der Waals surface area contributed by atoms with Crippen molar-refractivity contribution in [3.63, 3.8) is 0 Å². The van der Waals surface area contributed by atoms with Crippen LogP contribution in [0.15, 0.2) is 35.1 Å². The lowest BCUT2D eigenvalue weighted by Gasteiger charge is -2.52. The van der Waals surface area contributed by atoms with E-state index in [1.54, 1.807) is 0 Å². The number of nitrogens with zero attached hydrogens (tertiary/aromatic N) is 1. The molecule has 3 rings (SSSR count). The van der Waals surface area contributed by atoms with Gasteiger partial charge in [-0.1, -0.05) is 44.1 Å². The number of aliphatic hydroxyl groups excluding tert-OH is 2. The molecule has 1 aliphatic heterocycles. The summed E-state index contributed by atoms with van der Waals surface area (Å²) in [6.07, 6.45) is 9.49. The van der Waals surface area contributed by atoms with E-state index in [1.165, 1.54) is 17.5 Å². The lowest BCUT2D eigenvalue weighted by atomic mass is 9.52. The minimum atomic E-state index is -0.907. The van der Waals surface area contributed by atoms with Crippen LogP contribution in [0.2, 0.25) is 0 Å². The first-order valence-corrected chi connectivity index (χ1v) is 10.3. The third-order valence-corrected chi connectivity index (χ3v) is 7.40. The number of hydrogen-bond acceptors (Lipinski definition) is 4. The second kappa shape index (κ2) is 7.51. The van der Waals surface area contributed by atoms with Crippen molar-refractivity contribution < 1.29 is 19.8 Å². The van der Waals surface area contributed by atoms with Crippen LogP contribution in [0.25, 0.3) is 0 Å². The van der Waals surface area contributed by atoms with Gasteiger partial charge in [0.2, 0.25) is 0 Å². The molecule has 2 aliphatic carbocycles. The van der Waals surface area contributed by atoms with Gasteiger partial charge in [0.25, 0.3) is 5.91 Å². The zero-order chi connectivity index (χ0) is 20.8. The van der Waals surface area contributed by atoms with Gasteiger partial charge < -0.3 is 15.1 Å². The summed E-state index contributed by atoms with van der Waals surface area (Å²) in [5.41, 5.74) is 0.320. The van der Waals surface area contributed by atoms with E-state index in [1.807, 2.05) is 19.9 Å². The first-order valence-electron chi connectivity index (χ1n) is 10.3. The molecule has 0 aromatic heterocycles. The van der Waals surface area contributed by atoms with Crippen LogP contribution in [-0.4, -0.2) is 46.5 Å². The molecule has 0 radical (unpaired) electrons. The number of aliphatic hydroxyl groups is 2. The van der Waals surface area contributed by atoms with E-state index >= 15 is 0 Å². The van der Waals surface area contributed by atoms with Gasteiger partial charge in [0.05, 0.1) is 6.61 Å². The van der Waals surface area contributed by atoms with Crippen LogP contribution in [0, 0.1) is 29.1 Å². The molecular weight excluding hydrogens is 354 g/mol. The predicted octanol–water partition coefficient (Wildman–Crippen LogP) is 3.41. The highest BCUT2D eigenvalue weighted by Gasteiger charge is 2.55. The first kappa shape index (κ1) is 20.8. The number of carbonyl (C=O) groups excluding carboxylic acids is 2. The number of likely N-dealkylation sites (N-methyl/N-ethyl adjacent to an activating group) is 1. The van der Waals surface area contributed by atoms with Crippen molar-refractivity contribution in [3.05, 3.63) is 35.1 Å². The molecule has 0 bridgehead atoms. The summed E-state index contributed by atoms with van der Waals surface area (Å²) in [6.45, 7) is 7.87. The minimum absolute atomic E-state index is 0.0706. The summed E-state index contributed by atoms with van der Waals surface area (Å²) in [6, 6.07) is -0.907. The van der Waals surface area contributed by atoms with Crippen LogP contribution in [0.1, 0.15) is 47.0 Å². The van der Waals surface area contributed by atoms with E-state index < -0.39 is 29.8 Å². The van der Waals surface area contributed by atoms with E-state index in [9.17, 15) is 19.8 Å². The summed E-state index contributed by atoms with van der Waals surface area (Å²) in [7, 11) is 1.50. The van der Waals surface area contributed by atoms with Gasteiger partial charge in [-0.25, -0.2) is 0 Å². The Hall–Kier alpha value is -1.88. The van der Waals surface area contributed by atoms with Crippen LogP contribution in [0.4, 0.5) is 0 Å². The second-order valence-corrected chi connectivity index (χ2v) is 9.09. The fraction of sp³-hybridized carbons (Fsp3) is 0.652. The number of likely N-dealkylation sites (tertiary alicyclic amines) is 1. The molecule has 2 N–H and O–H groups in total. The Morgan fingerprint density at radius 3 is 2.61 bits per heavy atom. The molecule has 2 fully saturated rings. The topological polar surface area (TPSA) is 77.8 Å². The molecule has 6 atom stereocenters. The Bertz CT molecular complexity index is 765. The fourth-order valence-electron chi connectivity index (χ4n) is 5.82. The SMILES string of the molecule is C/C=C/[C@@H]1C(C)=C[C@@H]2C[C@H](C)CC[C@H]2[C@]1(C)/C(O)=C1\C(=O)[C@@H](CO)N(C)C1=O. The Morgan fingerprint density at radius 2 is 2.04 bits per heavy atom. The quantitative estimate of drug-likeness (QED) is 0.337. The molecule has 5 nitrogen and oxygen atoms in total. The molecule has 154 valence electrons. The minimum Gasteiger partial charge on any atom is -0.511 e. The zero-order valence-electron chi connectivity index (χ0n) is 17.6. The molecule has 0 spiro atoms. The van der Waals surface area contributed by atoms with Gasteiger partial charge in [0, 0.05) is 18.4 Å². The van der Waals surface area contributed by atoms with E-state index in [-0.39, 0.29) is 23.2 Å². The average Bonchev–Trinajstić information content (AvgIpc) is 2.86. The lowest BCUT2D eigenvalue weighted by molar-refractivity contribution is -0.126. The monoisotopic (exact) mass is 387 g/mol. The normalized spacial score (nSPS) is 40.7. The zero-order valence-corrected chi connectivity index (χ0v) is 17.6. The van der Waals surface area contributed by atoms with Crippen LogP contribution in [0.5, 0.6) is 0 Å². The van der Waals surface area contributed by atoms with Crippen molar-refractivity contribution in [2.75, 3.05) is 13.7 Å². The Balaban J connectivity index is 2.19. The fourth-order valence-corrected chi connectivity index (χ4v) is 5.82. The van der Waals surface area contributed by atoms with Crippen molar-refractivity contribution in [2.24, 2.45) is 29.1 Å². The van der Waals surface area contributed by atoms with Crippen LogP contribution in [-0.2, 0) is 9.59 Å². The van der Waals surface area contributed by atoms with Crippen molar-refractivity contribution in [3.8, 4) is 0 Å². The third kappa shape index (κ3) is 2.95. The smallest absolute Gasteiger partial charge is 0.261 e. The Morgan fingerprint density at radius 1 is 1.36 bits per heavy atom. The largest absolute Gasteiger partial charge is 0.511 e. The molecule has 1 heterocycles. The number of rotatable bonds is 3. The summed E-state index contributed by atoms with van der Waals surface area (Å²) in [5, 5.41) is 21.0. The summed E-state index contributed by atoms with van der Waals surface area (Å²) < 4.78 is 0. The van der Waals surface area contributed by atoms with Gasteiger partial charge in [-0.05, 0) is 44.4 Å². The number of carbonyl (C=O) groups is 2. The molecule has 1 saturated carbocycles. The molecule has 1 saturated heterocycles. The number of ketones is 1. The molecule has 5 heteroatoms. The Labute approximate surface area is 167 Å². The van der Waals surface area contributed by atoms with Crippen LogP contribution >= 0.6 is 0 Å². The standard InChI is InChI=1S/C23H33NO4/c1-6-7-16-14(3)11-15-10-13(2)8-9-17(15)23(16,4)21(27)19-20(26)18(12-25)24(5)22(19)28/h6-7,11,13,15-18,25,27H,8-10,12H2,1-5H3/b7-6+,21-19-/t13-,15+,16-,17-,18-,23-/m1/s1. The number of hydrogen-bond donors (Lipinski definition) is 2. The van der Waals surface area contributed by atoms with E-state index in [2.05, 4.69) is 26.0 Å². The van der Waals surface area contributed by atoms with E-state index in [4.69, 9.17) is 0 Å². The number of fused-ring (bicyclic) bond motifs is 1. The molecule has 0 aromatic rings. The maximum atomic E-state index is 12.9. The van der Waals surface area contributed by atoms with Crippen molar-refractivity contribution in [2.45, 2.75) is 53.0 Å². The summed E-state index contributed by atoms with van der Waals surface area (Å²) in [5.74, 6) is -0.00149. The molecular formula is C23H33NO4. The van der Waals surface area contributed by atoms with Gasteiger partial charge in [-0.15, -0.1) is 0 Å². The Kier molecular flexibility index (Phi) is 5.59. The maximum absolute atomic E-state index is 12.9. The highest BCUT2D eigenvalue weighted by atomic mass is 16.3. The number of amides is 1. The second-order valence-electron chi connectivity index (χ2n) is 9.09. The van der Waals surface area contributed by atoms with E-state index in [0.717, 1.165) is 19.3 Å². The highest BCUT2D eigenvalue weighted by Crippen LogP contribution is 2.58. The van der Waals surface area contributed by atoms with Crippen molar-refractivity contribution in [1.29, 1.82) is 0 Å². The third-order valence-electron chi connectivity index (χ3n) is 7.40. The summed E-state index contributed by atoms with van der Waals surface area (Å²) >= 11 is 0. The lowest BCUT2D eigenvalue weighted by Crippen LogP contribution is -2.46. The molecule has 0 aromatic carbocycles.